The summed E-state index contributed by atoms with van der Waals surface area (Å²) < 4.78 is 4.93. The first-order valence-corrected chi connectivity index (χ1v) is 8.26. The second-order valence-corrected chi connectivity index (χ2v) is 6.63. The SMILES string of the molecule is COCCNC(=O)C(CC(C)C)N1C(=O)C2CC=CCC2C1=O. The van der Waals surface area contributed by atoms with E-state index in [1.54, 1.807) is 7.11 Å². The number of hydrogen-bond acceptors (Lipinski definition) is 4. The standard InChI is InChI=1S/C17H26N2O4/c1-11(2)10-14(15(20)18-8-9-23-3)19-16(21)12-6-4-5-7-13(12)17(19)22/h4-5,11-14H,6-10H2,1-3H3,(H,18,20). The molecule has 6 nitrogen and oxygen atoms in total. The van der Waals surface area contributed by atoms with Crippen LogP contribution in [0.5, 0.6) is 0 Å². The van der Waals surface area contributed by atoms with Gasteiger partial charge in [-0.25, -0.2) is 0 Å². The Bertz CT molecular complexity index is 475. The molecule has 2 rings (SSSR count). The average molecular weight is 322 g/mol. The Morgan fingerprint density at radius 1 is 1.26 bits per heavy atom. The van der Waals surface area contributed by atoms with E-state index in [-0.39, 0.29) is 35.5 Å². The first kappa shape index (κ1) is 17.7. The lowest BCUT2D eigenvalue weighted by Gasteiger charge is -2.27. The largest absolute Gasteiger partial charge is 0.383 e. The van der Waals surface area contributed by atoms with Crippen molar-refractivity contribution in [3.05, 3.63) is 12.2 Å². The zero-order valence-corrected chi connectivity index (χ0v) is 14.1. The monoisotopic (exact) mass is 322 g/mol. The summed E-state index contributed by atoms with van der Waals surface area (Å²) in [5.41, 5.74) is 0. The quantitative estimate of drug-likeness (QED) is 0.433. The van der Waals surface area contributed by atoms with E-state index in [2.05, 4.69) is 5.32 Å². The molecular formula is C17H26N2O4. The highest BCUT2D eigenvalue weighted by Crippen LogP contribution is 2.37. The average Bonchev–Trinajstić information content (AvgIpc) is 2.77. The molecule has 1 fully saturated rings. The van der Waals surface area contributed by atoms with Crippen molar-refractivity contribution in [1.29, 1.82) is 0 Å². The predicted octanol–water partition coefficient (Wildman–Crippen LogP) is 1.11. The van der Waals surface area contributed by atoms with E-state index in [9.17, 15) is 14.4 Å². The maximum atomic E-state index is 12.7. The van der Waals surface area contributed by atoms with Crippen LogP contribution in [0, 0.1) is 17.8 Å². The van der Waals surface area contributed by atoms with Gasteiger partial charge in [0.25, 0.3) is 0 Å². The Kier molecular flexibility index (Phi) is 5.93. The molecular weight excluding hydrogens is 296 g/mol. The molecule has 128 valence electrons. The van der Waals surface area contributed by atoms with Gasteiger partial charge in [-0.2, -0.15) is 0 Å². The molecule has 6 heteroatoms. The fourth-order valence-electron chi connectivity index (χ4n) is 3.30. The van der Waals surface area contributed by atoms with Crippen LogP contribution in [0.2, 0.25) is 0 Å². The van der Waals surface area contributed by atoms with Gasteiger partial charge in [0.15, 0.2) is 0 Å². The zero-order valence-electron chi connectivity index (χ0n) is 14.1. The molecule has 1 saturated heterocycles. The van der Waals surface area contributed by atoms with E-state index < -0.39 is 6.04 Å². The van der Waals surface area contributed by atoms with Crippen LogP contribution in [-0.4, -0.2) is 48.9 Å². The van der Waals surface area contributed by atoms with Gasteiger partial charge in [0.05, 0.1) is 18.4 Å². The van der Waals surface area contributed by atoms with Crippen molar-refractivity contribution in [3.63, 3.8) is 0 Å². The molecule has 0 aromatic carbocycles. The highest BCUT2D eigenvalue weighted by atomic mass is 16.5. The van der Waals surface area contributed by atoms with Crippen LogP contribution in [0.1, 0.15) is 33.1 Å². The van der Waals surface area contributed by atoms with Crippen LogP contribution in [-0.2, 0) is 19.1 Å². The van der Waals surface area contributed by atoms with Gasteiger partial charge in [0.1, 0.15) is 6.04 Å². The van der Waals surface area contributed by atoms with Crippen molar-refractivity contribution in [3.8, 4) is 0 Å². The summed E-state index contributed by atoms with van der Waals surface area (Å²) in [7, 11) is 1.56. The molecule has 3 unspecified atom stereocenters. The maximum absolute atomic E-state index is 12.7. The molecule has 0 spiro atoms. The van der Waals surface area contributed by atoms with Crippen molar-refractivity contribution in [2.24, 2.45) is 17.8 Å². The summed E-state index contributed by atoms with van der Waals surface area (Å²) in [5, 5.41) is 2.76. The van der Waals surface area contributed by atoms with Gasteiger partial charge in [0.2, 0.25) is 17.7 Å². The van der Waals surface area contributed by atoms with Gasteiger partial charge < -0.3 is 10.1 Å². The fraction of sp³-hybridized carbons (Fsp3) is 0.706. The Hall–Kier alpha value is -1.69. The molecule has 1 aliphatic heterocycles. The smallest absolute Gasteiger partial charge is 0.243 e. The number of ether oxygens (including phenoxy) is 1. The first-order valence-electron chi connectivity index (χ1n) is 8.26. The zero-order chi connectivity index (χ0) is 17.0. The van der Waals surface area contributed by atoms with Gasteiger partial charge in [0, 0.05) is 13.7 Å². The second kappa shape index (κ2) is 7.73. The Morgan fingerprint density at radius 2 is 1.83 bits per heavy atom. The summed E-state index contributed by atoms with van der Waals surface area (Å²) in [5.74, 6) is -1.06. The number of rotatable bonds is 7. The van der Waals surface area contributed by atoms with E-state index in [1.807, 2.05) is 26.0 Å². The third-order valence-electron chi connectivity index (χ3n) is 4.46. The van der Waals surface area contributed by atoms with Crippen LogP contribution in [0.25, 0.3) is 0 Å². The number of nitrogens with zero attached hydrogens (tertiary/aromatic N) is 1. The minimum Gasteiger partial charge on any atom is -0.383 e. The van der Waals surface area contributed by atoms with Crippen molar-refractivity contribution in [1.82, 2.24) is 10.2 Å². The Labute approximate surface area is 137 Å². The number of fused-ring (bicyclic) bond motifs is 1. The molecule has 23 heavy (non-hydrogen) atoms. The van der Waals surface area contributed by atoms with Gasteiger partial charge in [-0.15, -0.1) is 0 Å². The molecule has 0 radical (unpaired) electrons. The fourth-order valence-corrected chi connectivity index (χ4v) is 3.30. The van der Waals surface area contributed by atoms with E-state index in [4.69, 9.17) is 4.74 Å². The summed E-state index contributed by atoms with van der Waals surface area (Å²) in [6.45, 7) is 4.73. The van der Waals surface area contributed by atoms with Crippen molar-refractivity contribution in [2.45, 2.75) is 39.2 Å². The van der Waals surface area contributed by atoms with Gasteiger partial charge in [-0.05, 0) is 25.2 Å². The highest BCUT2D eigenvalue weighted by molar-refractivity contribution is 6.08. The molecule has 1 N–H and O–H groups in total. The van der Waals surface area contributed by atoms with E-state index >= 15 is 0 Å². The predicted molar refractivity (Wildman–Crippen MR) is 85.3 cm³/mol. The lowest BCUT2D eigenvalue weighted by Crippen LogP contribution is -2.51. The maximum Gasteiger partial charge on any atom is 0.243 e. The molecule has 0 aromatic heterocycles. The summed E-state index contributed by atoms with van der Waals surface area (Å²) >= 11 is 0. The van der Waals surface area contributed by atoms with Gasteiger partial charge in [-0.1, -0.05) is 26.0 Å². The Balaban J connectivity index is 2.16. The molecule has 0 aromatic rings. The number of amides is 3. The molecule has 3 amide bonds. The number of nitrogens with one attached hydrogen (secondary N) is 1. The van der Waals surface area contributed by atoms with Crippen LogP contribution in [0.4, 0.5) is 0 Å². The molecule has 2 aliphatic rings. The number of hydrogen-bond donors (Lipinski definition) is 1. The minimum absolute atomic E-state index is 0.197. The number of carbonyl (C=O) groups is 3. The number of carbonyl (C=O) groups excluding carboxylic acids is 3. The number of allylic oxidation sites excluding steroid dienone is 2. The van der Waals surface area contributed by atoms with E-state index in [1.165, 1.54) is 4.90 Å². The van der Waals surface area contributed by atoms with Crippen LogP contribution in [0.15, 0.2) is 12.2 Å². The molecule has 0 bridgehead atoms. The lowest BCUT2D eigenvalue weighted by molar-refractivity contribution is -0.148. The minimum atomic E-state index is -0.725. The summed E-state index contributed by atoms with van der Waals surface area (Å²) in [6.07, 6.45) is 5.55. The third kappa shape index (κ3) is 3.80. The molecule has 1 heterocycles. The van der Waals surface area contributed by atoms with E-state index in [0.717, 1.165) is 0 Å². The molecule has 0 saturated carbocycles. The number of methoxy groups -OCH3 is 1. The second-order valence-electron chi connectivity index (χ2n) is 6.63. The van der Waals surface area contributed by atoms with Crippen molar-refractivity contribution < 1.29 is 19.1 Å². The molecule has 3 atom stereocenters. The topological polar surface area (TPSA) is 75.7 Å². The van der Waals surface area contributed by atoms with Crippen LogP contribution >= 0.6 is 0 Å². The van der Waals surface area contributed by atoms with Crippen LogP contribution in [0.3, 0.4) is 0 Å². The summed E-state index contributed by atoms with van der Waals surface area (Å²) in [6, 6.07) is -0.725. The number of imide groups is 1. The Morgan fingerprint density at radius 3 is 2.30 bits per heavy atom. The highest BCUT2D eigenvalue weighted by Gasteiger charge is 2.51. The first-order chi connectivity index (χ1) is 11.0. The molecule has 1 aliphatic carbocycles. The normalized spacial score (nSPS) is 25.0. The van der Waals surface area contributed by atoms with Gasteiger partial charge >= 0.3 is 0 Å². The van der Waals surface area contributed by atoms with Crippen molar-refractivity contribution in [2.75, 3.05) is 20.3 Å². The lowest BCUT2D eigenvalue weighted by atomic mass is 9.85. The van der Waals surface area contributed by atoms with Gasteiger partial charge in [-0.3, -0.25) is 19.3 Å². The number of likely N-dealkylation sites (tertiary alicyclic amines) is 1. The summed E-state index contributed by atoms with van der Waals surface area (Å²) in [4.78, 5) is 39.1. The van der Waals surface area contributed by atoms with Crippen LogP contribution < -0.4 is 5.32 Å². The van der Waals surface area contributed by atoms with E-state index in [0.29, 0.717) is 32.4 Å². The third-order valence-corrected chi connectivity index (χ3v) is 4.46. The van der Waals surface area contributed by atoms with Crippen molar-refractivity contribution >= 4 is 17.7 Å².